The lowest BCUT2D eigenvalue weighted by Crippen LogP contribution is -2.41. The summed E-state index contributed by atoms with van der Waals surface area (Å²) in [5.74, 6) is -0.584. The molecule has 2 aromatic carbocycles. The second-order valence-electron chi connectivity index (χ2n) is 6.46. The van der Waals surface area contributed by atoms with Gasteiger partial charge in [0.25, 0.3) is 0 Å². The second kappa shape index (κ2) is 7.49. The molecule has 130 valence electrons. The van der Waals surface area contributed by atoms with Gasteiger partial charge in [-0.15, -0.1) is 0 Å². The molecule has 0 saturated heterocycles. The molecule has 0 unspecified atom stereocenters. The number of hydrogen-bond donors (Lipinski definition) is 3. The van der Waals surface area contributed by atoms with Crippen LogP contribution >= 0.6 is 0 Å². The van der Waals surface area contributed by atoms with E-state index in [1.807, 2.05) is 13.0 Å². The molecule has 0 aromatic heterocycles. The van der Waals surface area contributed by atoms with Crippen LogP contribution in [0, 0.1) is 0 Å². The molecule has 5 heteroatoms. The molecule has 0 spiro atoms. The number of hydrogen-bond acceptors (Lipinski definition) is 3. The number of nitrogens with one attached hydrogen (secondary N) is 2. The van der Waals surface area contributed by atoms with Crippen molar-refractivity contribution < 1.29 is 9.59 Å². The van der Waals surface area contributed by atoms with Crippen LogP contribution in [0.4, 0.5) is 5.69 Å². The molecule has 0 bridgehead atoms. The maximum Gasteiger partial charge on any atom is 0.248 e. The first-order valence-electron chi connectivity index (χ1n) is 8.59. The van der Waals surface area contributed by atoms with Crippen molar-refractivity contribution in [3.05, 3.63) is 65.2 Å². The third-order valence-electron chi connectivity index (χ3n) is 4.65. The third kappa shape index (κ3) is 4.06. The maximum absolute atomic E-state index is 12.5. The molecule has 4 N–H and O–H groups in total. The quantitative estimate of drug-likeness (QED) is 0.784. The first-order valence-corrected chi connectivity index (χ1v) is 8.59. The van der Waals surface area contributed by atoms with Crippen molar-refractivity contribution in [2.24, 2.45) is 5.73 Å². The summed E-state index contributed by atoms with van der Waals surface area (Å²) in [5, 5.41) is 6.31. The monoisotopic (exact) mass is 337 g/mol. The molecule has 2 atom stereocenters. The van der Waals surface area contributed by atoms with Gasteiger partial charge in [0.15, 0.2) is 0 Å². The van der Waals surface area contributed by atoms with Crippen LogP contribution in [0.25, 0.3) is 0 Å². The second-order valence-corrected chi connectivity index (χ2v) is 6.46. The minimum absolute atomic E-state index is 0.102. The number of fused-ring (bicyclic) bond motifs is 1. The first kappa shape index (κ1) is 17.2. The molecule has 0 saturated carbocycles. The van der Waals surface area contributed by atoms with E-state index in [0.717, 1.165) is 19.3 Å². The normalized spacial score (nSPS) is 17.4. The summed E-state index contributed by atoms with van der Waals surface area (Å²) in [4.78, 5) is 23.5. The van der Waals surface area contributed by atoms with E-state index in [1.54, 1.807) is 24.3 Å². The standard InChI is InChI=1S/C20H23N3O2/c1-13(20(25)23-16-11-9-15(10-12-16)19(21)24)22-18-8-4-6-14-5-2-3-7-17(14)18/h2-3,5,7,9-13,18,22H,4,6,8H2,1H3,(H2,21,24)(H,23,25)/t13-,18+/m1/s1. The highest BCUT2D eigenvalue weighted by molar-refractivity contribution is 5.96. The summed E-state index contributed by atoms with van der Waals surface area (Å²) in [5.41, 5.74) is 8.94. The Labute approximate surface area is 147 Å². The molecule has 1 aliphatic carbocycles. The third-order valence-corrected chi connectivity index (χ3v) is 4.65. The molecule has 0 fully saturated rings. The Kier molecular flexibility index (Phi) is 5.14. The number of rotatable bonds is 5. The molecule has 25 heavy (non-hydrogen) atoms. The van der Waals surface area contributed by atoms with Gasteiger partial charge in [-0.2, -0.15) is 0 Å². The maximum atomic E-state index is 12.5. The van der Waals surface area contributed by atoms with Crippen LogP contribution in [0.15, 0.2) is 48.5 Å². The Morgan fingerprint density at radius 1 is 1.12 bits per heavy atom. The average molecular weight is 337 g/mol. The van der Waals surface area contributed by atoms with Gasteiger partial charge in [-0.1, -0.05) is 24.3 Å². The van der Waals surface area contributed by atoms with Crippen LogP contribution in [-0.4, -0.2) is 17.9 Å². The van der Waals surface area contributed by atoms with E-state index in [4.69, 9.17) is 5.73 Å². The van der Waals surface area contributed by atoms with Crippen molar-refractivity contribution in [1.29, 1.82) is 0 Å². The summed E-state index contributed by atoms with van der Waals surface area (Å²) in [6, 6.07) is 14.8. The Hall–Kier alpha value is -2.66. The van der Waals surface area contributed by atoms with Crippen molar-refractivity contribution in [3.8, 4) is 0 Å². The SMILES string of the molecule is C[C@@H](N[C@H]1CCCc2ccccc21)C(=O)Nc1ccc(C(N)=O)cc1. The Balaban J connectivity index is 1.62. The highest BCUT2D eigenvalue weighted by Gasteiger charge is 2.23. The van der Waals surface area contributed by atoms with E-state index in [9.17, 15) is 9.59 Å². The number of benzene rings is 2. The highest BCUT2D eigenvalue weighted by atomic mass is 16.2. The minimum Gasteiger partial charge on any atom is -0.366 e. The molecule has 2 amide bonds. The lowest BCUT2D eigenvalue weighted by molar-refractivity contribution is -0.118. The van der Waals surface area contributed by atoms with Gasteiger partial charge in [-0.05, 0) is 61.6 Å². The minimum atomic E-state index is -0.483. The van der Waals surface area contributed by atoms with E-state index < -0.39 is 5.91 Å². The summed E-state index contributed by atoms with van der Waals surface area (Å²) in [7, 11) is 0. The summed E-state index contributed by atoms with van der Waals surface area (Å²) < 4.78 is 0. The Morgan fingerprint density at radius 3 is 2.56 bits per heavy atom. The smallest absolute Gasteiger partial charge is 0.248 e. The van der Waals surface area contributed by atoms with Gasteiger partial charge in [0.1, 0.15) is 0 Å². The van der Waals surface area contributed by atoms with Gasteiger partial charge in [0.05, 0.1) is 6.04 Å². The number of carbonyl (C=O) groups excluding carboxylic acids is 2. The molecule has 5 nitrogen and oxygen atoms in total. The molecule has 1 aliphatic rings. The van der Waals surface area contributed by atoms with Gasteiger partial charge in [0, 0.05) is 17.3 Å². The number of anilines is 1. The van der Waals surface area contributed by atoms with Crippen LogP contribution in [0.1, 0.15) is 47.3 Å². The lowest BCUT2D eigenvalue weighted by atomic mass is 9.87. The molecule has 0 radical (unpaired) electrons. The van der Waals surface area contributed by atoms with Gasteiger partial charge in [-0.25, -0.2) is 0 Å². The number of primary amides is 1. The fourth-order valence-corrected chi connectivity index (χ4v) is 3.27. The lowest BCUT2D eigenvalue weighted by Gasteiger charge is -2.28. The number of nitrogens with two attached hydrogens (primary N) is 1. The predicted molar refractivity (Wildman–Crippen MR) is 98.3 cm³/mol. The molecule has 0 heterocycles. The van der Waals surface area contributed by atoms with Crippen LogP contribution in [0.5, 0.6) is 0 Å². The number of aryl methyl sites for hydroxylation is 1. The molecule has 3 rings (SSSR count). The van der Waals surface area contributed by atoms with Crippen LogP contribution in [0.3, 0.4) is 0 Å². The zero-order valence-electron chi connectivity index (χ0n) is 14.3. The number of carbonyl (C=O) groups is 2. The van der Waals surface area contributed by atoms with Gasteiger partial charge in [0.2, 0.25) is 11.8 Å². The van der Waals surface area contributed by atoms with Gasteiger partial charge in [-0.3, -0.25) is 14.9 Å². The van der Waals surface area contributed by atoms with Crippen LogP contribution < -0.4 is 16.4 Å². The van der Waals surface area contributed by atoms with E-state index >= 15 is 0 Å². The topological polar surface area (TPSA) is 84.2 Å². The van der Waals surface area contributed by atoms with Crippen molar-refractivity contribution in [2.75, 3.05) is 5.32 Å². The van der Waals surface area contributed by atoms with Crippen molar-refractivity contribution >= 4 is 17.5 Å². The van der Waals surface area contributed by atoms with E-state index in [-0.39, 0.29) is 18.0 Å². The average Bonchev–Trinajstić information content (AvgIpc) is 2.62. The fraction of sp³-hybridized carbons (Fsp3) is 0.300. The largest absolute Gasteiger partial charge is 0.366 e. The van der Waals surface area contributed by atoms with Gasteiger partial charge < -0.3 is 11.1 Å². The van der Waals surface area contributed by atoms with Crippen LogP contribution in [-0.2, 0) is 11.2 Å². The first-order chi connectivity index (χ1) is 12.0. The highest BCUT2D eigenvalue weighted by Crippen LogP contribution is 2.29. The molecule has 0 aliphatic heterocycles. The fourth-order valence-electron chi connectivity index (χ4n) is 3.27. The van der Waals surface area contributed by atoms with E-state index in [1.165, 1.54) is 11.1 Å². The zero-order valence-corrected chi connectivity index (χ0v) is 14.3. The summed E-state index contributed by atoms with van der Waals surface area (Å²) in [6.07, 6.45) is 3.25. The Bertz CT molecular complexity index is 771. The molecule has 2 aromatic rings. The van der Waals surface area contributed by atoms with Crippen molar-refractivity contribution in [3.63, 3.8) is 0 Å². The van der Waals surface area contributed by atoms with Crippen LogP contribution in [0.2, 0.25) is 0 Å². The summed E-state index contributed by atoms with van der Waals surface area (Å²) in [6.45, 7) is 1.87. The predicted octanol–water partition coefficient (Wildman–Crippen LogP) is 2.78. The van der Waals surface area contributed by atoms with E-state index in [2.05, 4.69) is 28.8 Å². The van der Waals surface area contributed by atoms with Crippen molar-refractivity contribution in [2.45, 2.75) is 38.3 Å². The molecular weight excluding hydrogens is 314 g/mol. The Morgan fingerprint density at radius 2 is 1.84 bits per heavy atom. The number of amides is 2. The zero-order chi connectivity index (χ0) is 17.8. The van der Waals surface area contributed by atoms with Gasteiger partial charge >= 0.3 is 0 Å². The molecular formula is C20H23N3O2. The van der Waals surface area contributed by atoms with Crippen molar-refractivity contribution in [1.82, 2.24) is 5.32 Å². The van der Waals surface area contributed by atoms with E-state index in [0.29, 0.717) is 11.3 Å². The summed E-state index contributed by atoms with van der Waals surface area (Å²) >= 11 is 0.